The maximum atomic E-state index is 10.4. The van der Waals surface area contributed by atoms with Gasteiger partial charge >= 0.3 is 0 Å². The Hall–Kier alpha value is -1.38. The van der Waals surface area contributed by atoms with Crippen molar-refractivity contribution in [3.05, 3.63) is 24.0 Å². The summed E-state index contributed by atoms with van der Waals surface area (Å²) >= 11 is 0. The third kappa shape index (κ3) is 1.05. The molecule has 0 radical (unpaired) electrons. The van der Waals surface area contributed by atoms with Crippen LogP contribution in [0.25, 0.3) is 0 Å². The number of ketones is 1. The molecular weight excluding hydrogens is 118 g/mol. The van der Waals surface area contributed by atoms with Gasteiger partial charge in [-0.05, 0) is 18.2 Å². The van der Waals surface area contributed by atoms with Gasteiger partial charge in [0.05, 0.1) is 5.71 Å². The average Bonchev–Trinajstić information content (AvgIpc) is 1.80. The van der Waals surface area contributed by atoms with Crippen molar-refractivity contribution in [3.8, 4) is 0 Å². The molecule has 3 nitrogen and oxygen atoms in total. The molecule has 1 aliphatic rings. The second-order valence-electron chi connectivity index (χ2n) is 1.66. The van der Waals surface area contributed by atoms with Gasteiger partial charge in [-0.25, -0.2) is 0 Å². The number of hydrogen-bond acceptors (Lipinski definition) is 3. The van der Waals surface area contributed by atoms with Crippen molar-refractivity contribution >= 4 is 11.5 Å². The molecule has 0 atom stereocenters. The first kappa shape index (κ1) is 5.75. The SMILES string of the molecule is N=C1C=CC(=O)C([O-])=C1. The van der Waals surface area contributed by atoms with Crippen LogP contribution in [0.15, 0.2) is 24.0 Å². The molecular formula is C6H4NO2-. The first-order valence-corrected chi connectivity index (χ1v) is 2.40. The molecule has 9 heavy (non-hydrogen) atoms. The van der Waals surface area contributed by atoms with Crippen molar-refractivity contribution in [1.29, 1.82) is 5.41 Å². The Kier molecular flexibility index (Phi) is 1.18. The molecule has 1 N–H and O–H groups in total. The molecule has 1 rings (SSSR count). The van der Waals surface area contributed by atoms with Crippen LogP contribution in [0.3, 0.4) is 0 Å². The van der Waals surface area contributed by atoms with Gasteiger partial charge in [-0.15, -0.1) is 0 Å². The number of hydrogen-bond donors (Lipinski definition) is 1. The van der Waals surface area contributed by atoms with Crippen LogP contribution in [0.5, 0.6) is 0 Å². The summed E-state index contributed by atoms with van der Waals surface area (Å²) in [5.74, 6) is -1.16. The van der Waals surface area contributed by atoms with Gasteiger partial charge < -0.3 is 10.5 Å². The van der Waals surface area contributed by atoms with E-state index in [1.807, 2.05) is 0 Å². The summed E-state index contributed by atoms with van der Waals surface area (Å²) in [6.07, 6.45) is 3.40. The van der Waals surface area contributed by atoms with Crippen LogP contribution in [0.4, 0.5) is 0 Å². The van der Waals surface area contributed by atoms with Gasteiger partial charge in [-0.2, -0.15) is 0 Å². The third-order valence-electron chi connectivity index (χ3n) is 0.944. The van der Waals surface area contributed by atoms with Crippen molar-refractivity contribution in [1.82, 2.24) is 0 Å². The molecule has 0 amide bonds. The lowest BCUT2D eigenvalue weighted by molar-refractivity contribution is -0.297. The van der Waals surface area contributed by atoms with Gasteiger partial charge in [0.15, 0.2) is 5.78 Å². The molecule has 46 valence electrons. The lowest BCUT2D eigenvalue weighted by Gasteiger charge is -2.09. The summed E-state index contributed by atoms with van der Waals surface area (Å²) in [5, 5.41) is 17.3. The highest BCUT2D eigenvalue weighted by Crippen LogP contribution is 1.97. The fourth-order valence-electron chi connectivity index (χ4n) is 0.508. The molecule has 0 saturated heterocycles. The van der Waals surface area contributed by atoms with Crippen LogP contribution in [0, 0.1) is 5.41 Å². The minimum absolute atomic E-state index is 0.0830. The van der Waals surface area contributed by atoms with Crippen molar-refractivity contribution < 1.29 is 9.90 Å². The minimum Gasteiger partial charge on any atom is -0.870 e. The van der Waals surface area contributed by atoms with E-state index in [4.69, 9.17) is 5.41 Å². The van der Waals surface area contributed by atoms with Crippen LogP contribution in [0.2, 0.25) is 0 Å². The molecule has 0 bridgehead atoms. The van der Waals surface area contributed by atoms with E-state index in [9.17, 15) is 9.90 Å². The van der Waals surface area contributed by atoms with Gasteiger partial charge in [0.2, 0.25) is 0 Å². The van der Waals surface area contributed by atoms with Crippen LogP contribution in [-0.4, -0.2) is 11.5 Å². The number of rotatable bonds is 0. The Morgan fingerprint density at radius 1 is 1.44 bits per heavy atom. The highest BCUT2D eigenvalue weighted by molar-refractivity contribution is 6.16. The molecule has 0 unspecified atom stereocenters. The van der Waals surface area contributed by atoms with Gasteiger partial charge in [0.25, 0.3) is 0 Å². The molecule has 0 saturated carbocycles. The summed E-state index contributed by atoms with van der Waals surface area (Å²) in [5.41, 5.74) is 0.0830. The molecule has 0 fully saturated rings. The Balaban J connectivity index is 2.95. The average molecular weight is 122 g/mol. The van der Waals surface area contributed by atoms with E-state index in [1.54, 1.807) is 0 Å². The molecule has 1 aliphatic carbocycles. The van der Waals surface area contributed by atoms with Crippen molar-refractivity contribution in [3.63, 3.8) is 0 Å². The molecule has 0 spiro atoms. The highest BCUT2D eigenvalue weighted by atomic mass is 16.3. The summed E-state index contributed by atoms with van der Waals surface area (Å²) in [6, 6.07) is 0. The first-order chi connectivity index (χ1) is 4.20. The second kappa shape index (κ2) is 1.85. The van der Waals surface area contributed by atoms with E-state index < -0.39 is 11.5 Å². The van der Waals surface area contributed by atoms with Crippen LogP contribution in [0.1, 0.15) is 0 Å². The molecule has 0 aromatic carbocycles. The maximum Gasteiger partial charge on any atom is 0.171 e. The lowest BCUT2D eigenvalue weighted by Crippen LogP contribution is -2.17. The van der Waals surface area contributed by atoms with E-state index in [0.717, 1.165) is 12.2 Å². The summed E-state index contributed by atoms with van der Waals surface area (Å²) in [4.78, 5) is 10.4. The predicted octanol–water partition coefficient (Wildman–Crippen LogP) is -0.611. The number of carbonyl (C=O) groups excluding carboxylic acids is 1. The van der Waals surface area contributed by atoms with Crippen LogP contribution >= 0.6 is 0 Å². The third-order valence-corrected chi connectivity index (χ3v) is 0.944. The van der Waals surface area contributed by atoms with E-state index in [1.165, 1.54) is 6.08 Å². The smallest absolute Gasteiger partial charge is 0.171 e. The monoisotopic (exact) mass is 122 g/mol. The zero-order valence-electron chi connectivity index (χ0n) is 4.55. The first-order valence-electron chi connectivity index (χ1n) is 2.40. The van der Waals surface area contributed by atoms with E-state index in [2.05, 4.69) is 0 Å². The largest absolute Gasteiger partial charge is 0.870 e. The Morgan fingerprint density at radius 2 is 2.11 bits per heavy atom. The second-order valence-corrected chi connectivity index (χ2v) is 1.66. The normalized spacial score (nSPS) is 18.0. The fraction of sp³-hybridized carbons (Fsp3) is 0. The van der Waals surface area contributed by atoms with Gasteiger partial charge in [0, 0.05) is 0 Å². The van der Waals surface area contributed by atoms with Gasteiger partial charge in [0.1, 0.15) is 0 Å². The van der Waals surface area contributed by atoms with E-state index >= 15 is 0 Å². The summed E-state index contributed by atoms with van der Waals surface area (Å²) < 4.78 is 0. The van der Waals surface area contributed by atoms with E-state index in [0.29, 0.717) is 0 Å². The standard InChI is InChI=1S/C6H5NO2/c7-4-1-2-5(8)6(9)3-4/h1-3,7,9H/p-1. The Labute approximate surface area is 51.8 Å². The Bertz CT molecular complexity index is 225. The summed E-state index contributed by atoms with van der Waals surface area (Å²) in [7, 11) is 0. The topological polar surface area (TPSA) is 64.0 Å². The van der Waals surface area contributed by atoms with Gasteiger partial charge in [-0.3, -0.25) is 4.79 Å². The number of nitrogens with one attached hydrogen (secondary N) is 1. The van der Waals surface area contributed by atoms with Crippen molar-refractivity contribution in [2.75, 3.05) is 0 Å². The molecule has 0 aromatic heterocycles. The quantitative estimate of drug-likeness (QED) is 0.435. The molecule has 3 heteroatoms. The summed E-state index contributed by atoms with van der Waals surface area (Å²) in [6.45, 7) is 0. The van der Waals surface area contributed by atoms with Crippen LogP contribution < -0.4 is 5.11 Å². The number of allylic oxidation sites excluding steroid dienone is 3. The molecule has 0 aromatic rings. The van der Waals surface area contributed by atoms with Crippen molar-refractivity contribution in [2.45, 2.75) is 0 Å². The molecule has 0 heterocycles. The lowest BCUT2D eigenvalue weighted by atomic mass is 10.1. The fourth-order valence-corrected chi connectivity index (χ4v) is 0.508. The minimum atomic E-state index is -0.609. The zero-order chi connectivity index (χ0) is 6.85. The van der Waals surface area contributed by atoms with E-state index in [-0.39, 0.29) is 5.71 Å². The maximum absolute atomic E-state index is 10.4. The highest BCUT2D eigenvalue weighted by Gasteiger charge is 1.99. The van der Waals surface area contributed by atoms with Crippen LogP contribution in [-0.2, 0) is 4.79 Å². The predicted molar refractivity (Wildman–Crippen MR) is 30.0 cm³/mol. The zero-order valence-corrected chi connectivity index (χ0v) is 4.55. The van der Waals surface area contributed by atoms with Crippen molar-refractivity contribution in [2.24, 2.45) is 0 Å². The molecule has 0 aliphatic heterocycles. The van der Waals surface area contributed by atoms with Gasteiger partial charge in [-0.1, -0.05) is 5.76 Å². The Morgan fingerprint density at radius 3 is 2.56 bits per heavy atom. The number of carbonyl (C=O) groups is 1.